The molecule has 1 saturated heterocycles. The van der Waals surface area contributed by atoms with Crippen LogP contribution in [0.2, 0.25) is 0 Å². The van der Waals surface area contributed by atoms with Gasteiger partial charge in [-0.05, 0) is 56.5 Å². The summed E-state index contributed by atoms with van der Waals surface area (Å²) in [6, 6.07) is 6.67. The molecule has 1 aliphatic rings. The minimum absolute atomic E-state index is 0.270. The van der Waals surface area contributed by atoms with Crippen LogP contribution in [-0.4, -0.2) is 42.2 Å². The van der Waals surface area contributed by atoms with E-state index in [2.05, 4.69) is 11.8 Å². The number of carboxylic acids is 1. The normalized spacial score (nSPS) is 20.4. The molecule has 0 spiro atoms. The van der Waals surface area contributed by atoms with Crippen LogP contribution in [0.1, 0.15) is 36.5 Å². The van der Waals surface area contributed by atoms with Gasteiger partial charge in [0.15, 0.2) is 0 Å². The maximum absolute atomic E-state index is 10.9. The van der Waals surface area contributed by atoms with Gasteiger partial charge in [-0.15, -0.1) is 0 Å². The Kier molecular flexibility index (Phi) is 5.41. The summed E-state index contributed by atoms with van der Waals surface area (Å²) in [6.07, 6.45) is 3.84. The summed E-state index contributed by atoms with van der Waals surface area (Å²) in [7, 11) is 0. The van der Waals surface area contributed by atoms with Gasteiger partial charge in [-0.2, -0.15) is 0 Å². The first kappa shape index (κ1) is 14.9. The van der Waals surface area contributed by atoms with E-state index in [1.165, 1.54) is 19.3 Å². The summed E-state index contributed by atoms with van der Waals surface area (Å²) in [6.45, 7) is 6.11. The highest BCUT2D eigenvalue weighted by molar-refractivity contribution is 5.87. The Morgan fingerprint density at radius 3 is 3.05 bits per heavy atom. The summed E-state index contributed by atoms with van der Waals surface area (Å²) >= 11 is 0. The number of likely N-dealkylation sites (tertiary alicyclic amines) is 1. The van der Waals surface area contributed by atoms with Gasteiger partial charge in [-0.3, -0.25) is 4.90 Å². The van der Waals surface area contributed by atoms with Gasteiger partial charge in [0.05, 0.1) is 5.56 Å². The fraction of sp³-hybridized carbons (Fsp3) is 0.562. The molecule has 2 rings (SSSR count). The molecule has 110 valence electrons. The van der Waals surface area contributed by atoms with Crippen LogP contribution in [0.3, 0.4) is 0 Å². The van der Waals surface area contributed by atoms with Gasteiger partial charge in [0, 0.05) is 6.54 Å². The number of aromatic carboxylic acids is 1. The monoisotopic (exact) mass is 277 g/mol. The van der Waals surface area contributed by atoms with E-state index in [1.807, 2.05) is 0 Å². The molecule has 1 heterocycles. The standard InChI is InChI=1S/C16H23NO3/c1-13-4-3-8-17(9-7-13)10-11-20-15-6-2-5-14(12-15)16(18)19/h2,5-6,12-13H,3-4,7-11H2,1H3,(H,18,19). The molecule has 0 radical (unpaired) electrons. The summed E-state index contributed by atoms with van der Waals surface area (Å²) in [5.74, 6) is 0.540. The lowest BCUT2D eigenvalue weighted by Crippen LogP contribution is -2.29. The zero-order valence-electron chi connectivity index (χ0n) is 12.0. The second-order valence-electron chi connectivity index (χ2n) is 5.56. The van der Waals surface area contributed by atoms with Crippen molar-refractivity contribution in [3.05, 3.63) is 29.8 Å². The summed E-state index contributed by atoms with van der Waals surface area (Å²) < 4.78 is 5.66. The molecule has 1 aromatic rings. The number of carbonyl (C=O) groups is 1. The summed E-state index contributed by atoms with van der Waals surface area (Å²) in [5.41, 5.74) is 0.270. The van der Waals surface area contributed by atoms with Crippen LogP contribution in [0.4, 0.5) is 0 Å². The van der Waals surface area contributed by atoms with E-state index >= 15 is 0 Å². The van der Waals surface area contributed by atoms with Crippen molar-refractivity contribution in [1.29, 1.82) is 0 Å². The molecule has 0 aromatic heterocycles. The van der Waals surface area contributed by atoms with Gasteiger partial charge in [0.25, 0.3) is 0 Å². The van der Waals surface area contributed by atoms with Crippen LogP contribution >= 0.6 is 0 Å². The third-order valence-corrected chi connectivity index (χ3v) is 3.87. The SMILES string of the molecule is CC1CCCN(CCOc2cccc(C(=O)O)c2)CC1. The van der Waals surface area contributed by atoms with Crippen molar-refractivity contribution in [3.8, 4) is 5.75 Å². The van der Waals surface area contributed by atoms with Crippen molar-refractivity contribution in [2.24, 2.45) is 5.92 Å². The van der Waals surface area contributed by atoms with E-state index in [-0.39, 0.29) is 5.56 Å². The Balaban J connectivity index is 1.78. The zero-order chi connectivity index (χ0) is 14.4. The van der Waals surface area contributed by atoms with Crippen molar-refractivity contribution in [2.75, 3.05) is 26.2 Å². The molecule has 1 atom stereocenters. The molecule has 1 fully saturated rings. The maximum atomic E-state index is 10.9. The van der Waals surface area contributed by atoms with E-state index in [1.54, 1.807) is 24.3 Å². The van der Waals surface area contributed by atoms with Gasteiger partial charge >= 0.3 is 5.97 Å². The molecule has 4 heteroatoms. The molecule has 1 aliphatic heterocycles. The largest absolute Gasteiger partial charge is 0.492 e. The zero-order valence-corrected chi connectivity index (χ0v) is 12.0. The summed E-state index contributed by atoms with van der Waals surface area (Å²) in [4.78, 5) is 13.3. The Hall–Kier alpha value is -1.55. The van der Waals surface area contributed by atoms with Crippen LogP contribution < -0.4 is 4.74 Å². The Labute approximate surface area is 120 Å². The van der Waals surface area contributed by atoms with Crippen LogP contribution in [0.5, 0.6) is 5.75 Å². The quantitative estimate of drug-likeness (QED) is 0.899. The third-order valence-electron chi connectivity index (χ3n) is 3.87. The Morgan fingerprint density at radius 1 is 1.40 bits per heavy atom. The fourth-order valence-corrected chi connectivity index (χ4v) is 2.56. The van der Waals surface area contributed by atoms with E-state index < -0.39 is 5.97 Å². The Morgan fingerprint density at radius 2 is 2.25 bits per heavy atom. The molecular formula is C16H23NO3. The van der Waals surface area contributed by atoms with Gasteiger partial charge in [-0.25, -0.2) is 4.79 Å². The van der Waals surface area contributed by atoms with Gasteiger partial charge in [-0.1, -0.05) is 13.0 Å². The van der Waals surface area contributed by atoms with Crippen molar-refractivity contribution < 1.29 is 14.6 Å². The lowest BCUT2D eigenvalue weighted by molar-refractivity contribution is 0.0696. The molecule has 20 heavy (non-hydrogen) atoms. The minimum atomic E-state index is -0.919. The van der Waals surface area contributed by atoms with Crippen LogP contribution in [0, 0.1) is 5.92 Å². The Bertz CT molecular complexity index is 447. The molecular weight excluding hydrogens is 254 g/mol. The highest BCUT2D eigenvalue weighted by Crippen LogP contribution is 2.17. The van der Waals surface area contributed by atoms with Gasteiger partial charge in [0.1, 0.15) is 12.4 Å². The van der Waals surface area contributed by atoms with Gasteiger partial charge < -0.3 is 9.84 Å². The second-order valence-corrected chi connectivity index (χ2v) is 5.56. The van der Waals surface area contributed by atoms with Crippen molar-refractivity contribution >= 4 is 5.97 Å². The summed E-state index contributed by atoms with van der Waals surface area (Å²) in [5, 5.41) is 8.93. The van der Waals surface area contributed by atoms with Gasteiger partial charge in [0.2, 0.25) is 0 Å². The van der Waals surface area contributed by atoms with Crippen molar-refractivity contribution in [2.45, 2.75) is 26.2 Å². The molecule has 0 saturated carbocycles. The average molecular weight is 277 g/mol. The lowest BCUT2D eigenvalue weighted by atomic mass is 10.0. The fourth-order valence-electron chi connectivity index (χ4n) is 2.56. The first-order valence-corrected chi connectivity index (χ1v) is 7.33. The van der Waals surface area contributed by atoms with Crippen molar-refractivity contribution in [1.82, 2.24) is 4.90 Å². The molecule has 1 unspecified atom stereocenters. The number of rotatable bonds is 5. The number of hydrogen-bond donors (Lipinski definition) is 1. The first-order valence-electron chi connectivity index (χ1n) is 7.33. The van der Waals surface area contributed by atoms with E-state index in [0.717, 1.165) is 25.6 Å². The molecule has 4 nitrogen and oxygen atoms in total. The number of hydrogen-bond acceptors (Lipinski definition) is 3. The van der Waals surface area contributed by atoms with Crippen LogP contribution in [0.25, 0.3) is 0 Å². The predicted molar refractivity (Wildman–Crippen MR) is 78.4 cm³/mol. The lowest BCUT2D eigenvalue weighted by Gasteiger charge is -2.20. The third kappa shape index (κ3) is 4.53. The van der Waals surface area contributed by atoms with E-state index in [4.69, 9.17) is 9.84 Å². The molecule has 1 N–H and O–H groups in total. The minimum Gasteiger partial charge on any atom is -0.492 e. The number of benzene rings is 1. The van der Waals surface area contributed by atoms with E-state index in [0.29, 0.717) is 12.4 Å². The van der Waals surface area contributed by atoms with Crippen molar-refractivity contribution in [3.63, 3.8) is 0 Å². The second kappa shape index (κ2) is 7.29. The maximum Gasteiger partial charge on any atom is 0.335 e. The topological polar surface area (TPSA) is 49.8 Å². The highest BCUT2D eigenvalue weighted by Gasteiger charge is 2.13. The molecule has 1 aromatic carbocycles. The molecule has 0 aliphatic carbocycles. The molecule has 0 amide bonds. The number of carboxylic acid groups (broad SMARTS) is 1. The smallest absolute Gasteiger partial charge is 0.335 e. The van der Waals surface area contributed by atoms with Crippen LogP contribution in [0.15, 0.2) is 24.3 Å². The first-order chi connectivity index (χ1) is 9.65. The van der Waals surface area contributed by atoms with Crippen LogP contribution in [-0.2, 0) is 0 Å². The predicted octanol–water partition coefficient (Wildman–Crippen LogP) is 2.89. The number of nitrogens with zero attached hydrogens (tertiary/aromatic N) is 1. The molecule has 0 bridgehead atoms. The average Bonchev–Trinajstić information content (AvgIpc) is 2.64. The van der Waals surface area contributed by atoms with E-state index in [9.17, 15) is 4.79 Å². The highest BCUT2D eigenvalue weighted by atomic mass is 16.5. The number of ether oxygens (including phenoxy) is 1.